The van der Waals surface area contributed by atoms with Gasteiger partial charge in [0, 0.05) is 38.0 Å². The fraction of sp³-hybridized carbons (Fsp3) is 0.464. The molecule has 2 aromatic rings. The smallest absolute Gasteiger partial charge is 0.347 e. The fourth-order valence-corrected chi connectivity index (χ4v) is 4.31. The van der Waals surface area contributed by atoms with Crippen molar-refractivity contribution >= 4 is 17.8 Å². The summed E-state index contributed by atoms with van der Waals surface area (Å²) in [6.45, 7) is 4.93. The van der Waals surface area contributed by atoms with Crippen molar-refractivity contribution in [2.45, 2.75) is 51.8 Å². The molecule has 200 valence electrons. The number of nitrogens with two attached hydrogens (primary N) is 1. The highest BCUT2D eigenvalue weighted by molar-refractivity contribution is 5.82. The minimum Gasteiger partial charge on any atom is -0.478 e. The molecule has 0 spiro atoms. The Kier molecular flexibility index (Phi) is 10.0. The van der Waals surface area contributed by atoms with Crippen molar-refractivity contribution in [3.05, 3.63) is 65.5 Å². The van der Waals surface area contributed by atoms with Crippen LogP contribution in [0.4, 0.5) is 4.39 Å². The predicted molar refractivity (Wildman–Crippen MR) is 137 cm³/mol. The molecule has 0 bridgehead atoms. The van der Waals surface area contributed by atoms with Crippen LogP contribution < -0.4 is 15.8 Å². The maximum Gasteiger partial charge on any atom is 0.347 e. The Balaban J connectivity index is 1.43. The maximum absolute atomic E-state index is 13.8. The molecule has 3 atom stereocenters. The summed E-state index contributed by atoms with van der Waals surface area (Å²) in [5.74, 6) is -0.794. The van der Waals surface area contributed by atoms with Crippen LogP contribution in [-0.2, 0) is 32.1 Å². The minimum absolute atomic E-state index is 0.0492. The molecule has 1 saturated heterocycles. The molecule has 0 saturated carbocycles. The number of esters is 1. The maximum atomic E-state index is 13.8. The summed E-state index contributed by atoms with van der Waals surface area (Å²) in [5, 5.41) is 2.93. The number of ether oxygens (including phenoxy) is 2. The molecule has 1 fully saturated rings. The van der Waals surface area contributed by atoms with Crippen LogP contribution in [-0.4, -0.2) is 55.0 Å². The van der Waals surface area contributed by atoms with Gasteiger partial charge in [0.05, 0.1) is 13.0 Å². The number of amides is 2. The van der Waals surface area contributed by atoms with Crippen LogP contribution in [0.2, 0.25) is 0 Å². The second-order valence-corrected chi connectivity index (χ2v) is 9.75. The molecule has 1 aliphatic heterocycles. The molecule has 8 nitrogen and oxygen atoms in total. The molecular weight excluding hydrogens is 477 g/mol. The first-order chi connectivity index (χ1) is 17.7. The van der Waals surface area contributed by atoms with E-state index in [9.17, 15) is 18.8 Å². The Morgan fingerprint density at radius 3 is 2.49 bits per heavy atom. The Morgan fingerprint density at radius 2 is 1.84 bits per heavy atom. The highest BCUT2D eigenvalue weighted by Crippen LogP contribution is 2.20. The molecule has 0 aliphatic carbocycles. The van der Waals surface area contributed by atoms with Crippen molar-refractivity contribution in [1.29, 1.82) is 0 Å². The highest BCUT2D eigenvalue weighted by Gasteiger charge is 2.31. The third-order valence-corrected chi connectivity index (χ3v) is 6.48. The average molecular weight is 514 g/mol. The van der Waals surface area contributed by atoms with Gasteiger partial charge in [0.1, 0.15) is 11.6 Å². The molecule has 0 radical (unpaired) electrons. The van der Waals surface area contributed by atoms with Gasteiger partial charge in [-0.05, 0) is 42.2 Å². The van der Waals surface area contributed by atoms with Gasteiger partial charge >= 0.3 is 5.97 Å². The first kappa shape index (κ1) is 28.1. The minimum atomic E-state index is -0.697. The van der Waals surface area contributed by atoms with E-state index >= 15 is 0 Å². The standard InChI is InChI=1S/C28H36FN3O5/c1-18(2)26(28(35)36-3)37-23-10-8-19(9-11-23)16-31-27(34)21-12-13-32(17-21)25(33)15-22(30)14-20-6-4-5-7-24(20)29/h4-11,18,21-22,26H,12-17,30H2,1-3H3,(H,31,34)/t21?,22-,26+/m1/s1. The van der Waals surface area contributed by atoms with Crippen LogP contribution in [0.5, 0.6) is 5.75 Å². The van der Waals surface area contributed by atoms with Gasteiger partial charge in [-0.25, -0.2) is 9.18 Å². The van der Waals surface area contributed by atoms with E-state index in [4.69, 9.17) is 15.2 Å². The summed E-state index contributed by atoms with van der Waals surface area (Å²) in [5.41, 5.74) is 7.47. The van der Waals surface area contributed by atoms with E-state index in [0.717, 1.165) is 5.56 Å². The average Bonchev–Trinajstić information content (AvgIpc) is 3.38. The van der Waals surface area contributed by atoms with Crippen LogP contribution in [0, 0.1) is 17.7 Å². The molecule has 3 rings (SSSR count). The van der Waals surface area contributed by atoms with E-state index in [1.54, 1.807) is 35.2 Å². The monoisotopic (exact) mass is 513 g/mol. The molecule has 1 heterocycles. The number of nitrogens with one attached hydrogen (secondary N) is 1. The van der Waals surface area contributed by atoms with Crippen LogP contribution in [0.25, 0.3) is 0 Å². The number of nitrogens with zero attached hydrogens (tertiary/aromatic N) is 1. The summed E-state index contributed by atoms with van der Waals surface area (Å²) in [6, 6.07) is 13.1. The Bertz CT molecular complexity index is 1080. The summed E-state index contributed by atoms with van der Waals surface area (Å²) in [6.07, 6.45) is 0.264. The number of carbonyl (C=O) groups excluding carboxylic acids is 3. The molecule has 9 heteroatoms. The Hall–Kier alpha value is -3.46. The van der Waals surface area contributed by atoms with Crippen molar-refractivity contribution in [2.75, 3.05) is 20.2 Å². The fourth-order valence-electron chi connectivity index (χ4n) is 4.31. The number of rotatable bonds is 11. The van der Waals surface area contributed by atoms with Gasteiger partial charge in [-0.15, -0.1) is 0 Å². The second kappa shape index (κ2) is 13.2. The van der Waals surface area contributed by atoms with Gasteiger partial charge in [-0.2, -0.15) is 0 Å². The van der Waals surface area contributed by atoms with Gasteiger partial charge in [0.15, 0.2) is 6.10 Å². The van der Waals surface area contributed by atoms with Crippen molar-refractivity contribution < 1.29 is 28.2 Å². The zero-order valence-electron chi connectivity index (χ0n) is 21.6. The zero-order valence-corrected chi connectivity index (χ0v) is 21.6. The van der Waals surface area contributed by atoms with E-state index in [2.05, 4.69) is 5.32 Å². The first-order valence-electron chi connectivity index (χ1n) is 12.6. The number of halogens is 1. The van der Waals surface area contributed by atoms with Crippen molar-refractivity contribution in [1.82, 2.24) is 10.2 Å². The summed E-state index contributed by atoms with van der Waals surface area (Å²) < 4.78 is 24.4. The van der Waals surface area contributed by atoms with Gasteiger partial charge in [-0.1, -0.05) is 44.2 Å². The van der Waals surface area contributed by atoms with E-state index < -0.39 is 18.1 Å². The number of likely N-dealkylation sites (tertiary alicyclic amines) is 1. The number of carbonyl (C=O) groups is 3. The van der Waals surface area contributed by atoms with Crippen LogP contribution in [0.3, 0.4) is 0 Å². The number of hydrogen-bond acceptors (Lipinski definition) is 6. The largest absolute Gasteiger partial charge is 0.478 e. The van der Waals surface area contributed by atoms with Gasteiger partial charge in [0.2, 0.25) is 11.8 Å². The van der Waals surface area contributed by atoms with E-state index in [-0.39, 0.29) is 42.3 Å². The van der Waals surface area contributed by atoms with Crippen molar-refractivity contribution in [3.63, 3.8) is 0 Å². The highest BCUT2D eigenvalue weighted by atomic mass is 19.1. The Labute approximate surface area is 217 Å². The molecular formula is C28H36FN3O5. The van der Waals surface area contributed by atoms with Crippen molar-refractivity contribution in [3.8, 4) is 5.75 Å². The molecule has 37 heavy (non-hydrogen) atoms. The lowest BCUT2D eigenvalue weighted by Gasteiger charge is -2.20. The van der Waals surface area contributed by atoms with Gasteiger partial charge in [0.25, 0.3) is 0 Å². The quantitative estimate of drug-likeness (QED) is 0.447. The summed E-state index contributed by atoms with van der Waals surface area (Å²) >= 11 is 0. The molecule has 2 aromatic carbocycles. The van der Waals surface area contributed by atoms with E-state index in [0.29, 0.717) is 37.4 Å². The van der Waals surface area contributed by atoms with Gasteiger partial charge < -0.3 is 25.4 Å². The molecule has 0 aromatic heterocycles. The lowest BCUT2D eigenvalue weighted by atomic mass is 10.0. The number of hydrogen-bond donors (Lipinski definition) is 2. The molecule has 3 N–H and O–H groups in total. The van der Waals surface area contributed by atoms with Crippen LogP contribution in [0.1, 0.15) is 37.8 Å². The summed E-state index contributed by atoms with van der Waals surface area (Å²) in [7, 11) is 1.33. The van der Waals surface area contributed by atoms with Gasteiger partial charge in [-0.3, -0.25) is 9.59 Å². The third kappa shape index (κ3) is 8.01. The van der Waals surface area contributed by atoms with Crippen LogP contribution in [0.15, 0.2) is 48.5 Å². The summed E-state index contributed by atoms with van der Waals surface area (Å²) in [4.78, 5) is 38.9. The van der Waals surface area contributed by atoms with Crippen LogP contribution >= 0.6 is 0 Å². The first-order valence-corrected chi connectivity index (χ1v) is 12.6. The Morgan fingerprint density at radius 1 is 1.14 bits per heavy atom. The topological polar surface area (TPSA) is 111 Å². The van der Waals surface area contributed by atoms with E-state index in [1.165, 1.54) is 13.2 Å². The third-order valence-electron chi connectivity index (χ3n) is 6.48. The van der Waals surface area contributed by atoms with Crippen molar-refractivity contribution in [2.24, 2.45) is 17.6 Å². The molecule has 2 amide bonds. The molecule has 1 aliphatic rings. The zero-order chi connectivity index (χ0) is 26.9. The SMILES string of the molecule is COC(=O)[C@@H](Oc1ccc(CNC(=O)C2CCN(C(=O)C[C@H](N)Cc3ccccc3F)C2)cc1)C(C)C. The number of benzene rings is 2. The predicted octanol–water partition coefficient (Wildman–Crippen LogP) is 2.83. The molecule has 1 unspecified atom stereocenters. The second-order valence-electron chi connectivity index (χ2n) is 9.75. The number of methoxy groups -OCH3 is 1. The normalized spacial score (nSPS) is 16.8. The lowest BCUT2D eigenvalue weighted by Crippen LogP contribution is -2.37. The van der Waals surface area contributed by atoms with E-state index in [1.807, 2.05) is 26.0 Å². The lowest BCUT2D eigenvalue weighted by molar-refractivity contribution is -0.150.